The Kier molecular flexibility index (Phi) is 3.46. The van der Waals surface area contributed by atoms with Crippen molar-refractivity contribution in [1.82, 2.24) is 5.01 Å². The Balaban J connectivity index is 4.09. The van der Waals surface area contributed by atoms with Gasteiger partial charge in [-0.25, -0.2) is 4.79 Å². The molecule has 10 heavy (non-hydrogen) atoms. The minimum absolute atomic E-state index is 0.389. The molecule has 0 rings (SSSR count). The van der Waals surface area contributed by atoms with Gasteiger partial charge < -0.3 is 5.11 Å². The molecule has 4 nitrogen and oxygen atoms in total. The van der Waals surface area contributed by atoms with Crippen LogP contribution in [0.15, 0.2) is 5.10 Å². The highest BCUT2D eigenvalue weighted by Crippen LogP contribution is 1.90. The van der Waals surface area contributed by atoms with Gasteiger partial charge in [-0.1, -0.05) is 0 Å². The molecule has 0 unspecified atom stereocenters. The number of carbonyl (C=O) groups is 1. The molecule has 0 aliphatic heterocycles. The number of carboxylic acid groups (broad SMARTS) is 1. The third-order valence-electron chi connectivity index (χ3n) is 0.841. The summed E-state index contributed by atoms with van der Waals surface area (Å²) in [5, 5.41) is 13.2. The topological polar surface area (TPSA) is 52.9 Å². The lowest BCUT2D eigenvalue weighted by atomic mass is 10.5. The van der Waals surface area contributed by atoms with E-state index in [0.29, 0.717) is 6.54 Å². The Morgan fingerprint density at radius 1 is 1.60 bits per heavy atom. The number of hydrogen-bond donors (Lipinski definition) is 1. The maximum atomic E-state index is 10.3. The van der Waals surface area contributed by atoms with Gasteiger partial charge in [0.15, 0.2) is 0 Å². The van der Waals surface area contributed by atoms with Crippen LogP contribution in [-0.2, 0) is 0 Å². The van der Waals surface area contributed by atoms with Gasteiger partial charge in [0.25, 0.3) is 0 Å². The third kappa shape index (κ3) is 3.06. The Labute approximate surface area is 60.1 Å². The molecular formula is C6H12N2O2. The number of hydrazone groups is 1. The SMILES string of the molecule is CCN(N=C(C)C)C(=O)O. The minimum atomic E-state index is -1.01. The summed E-state index contributed by atoms with van der Waals surface area (Å²) in [6.07, 6.45) is -1.01. The molecule has 1 amide bonds. The molecule has 0 aliphatic rings. The van der Waals surface area contributed by atoms with Gasteiger partial charge in [0, 0.05) is 12.3 Å². The van der Waals surface area contributed by atoms with Gasteiger partial charge in [-0.05, 0) is 20.8 Å². The van der Waals surface area contributed by atoms with E-state index in [1.165, 1.54) is 0 Å². The van der Waals surface area contributed by atoms with Crippen molar-refractivity contribution in [2.24, 2.45) is 5.10 Å². The molecule has 4 heteroatoms. The van der Waals surface area contributed by atoms with E-state index in [4.69, 9.17) is 5.11 Å². The fourth-order valence-electron chi connectivity index (χ4n) is 0.490. The van der Waals surface area contributed by atoms with Crippen LogP contribution in [-0.4, -0.2) is 28.5 Å². The predicted molar refractivity (Wildman–Crippen MR) is 39.2 cm³/mol. The molecule has 0 saturated heterocycles. The molecule has 58 valence electrons. The van der Waals surface area contributed by atoms with Crippen molar-refractivity contribution >= 4 is 11.8 Å². The summed E-state index contributed by atoms with van der Waals surface area (Å²) in [7, 11) is 0. The van der Waals surface area contributed by atoms with Crippen LogP contribution in [0.3, 0.4) is 0 Å². The van der Waals surface area contributed by atoms with E-state index in [9.17, 15) is 4.79 Å². The van der Waals surface area contributed by atoms with Crippen molar-refractivity contribution in [2.75, 3.05) is 6.54 Å². The van der Waals surface area contributed by atoms with Crippen LogP contribution in [0.4, 0.5) is 4.79 Å². The van der Waals surface area contributed by atoms with Crippen molar-refractivity contribution < 1.29 is 9.90 Å². The molecule has 0 aromatic rings. The summed E-state index contributed by atoms with van der Waals surface area (Å²) in [6.45, 7) is 5.64. The summed E-state index contributed by atoms with van der Waals surface area (Å²) in [5.74, 6) is 0. The van der Waals surface area contributed by atoms with Crippen molar-refractivity contribution in [3.8, 4) is 0 Å². The second kappa shape index (κ2) is 3.87. The van der Waals surface area contributed by atoms with Gasteiger partial charge in [-0.2, -0.15) is 10.1 Å². The molecule has 0 spiro atoms. The van der Waals surface area contributed by atoms with Gasteiger partial charge in [0.1, 0.15) is 0 Å². The first-order chi connectivity index (χ1) is 4.57. The van der Waals surface area contributed by atoms with Crippen LogP contribution in [0.5, 0.6) is 0 Å². The Bertz CT molecular complexity index is 150. The Hall–Kier alpha value is -1.06. The molecule has 1 N–H and O–H groups in total. The zero-order valence-electron chi connectivity index (χ0n) is 6.46. The monoisotopic (exact) mass is 144 g/mol. The van der Waals surface area contributed by atoms with E-state index in [2.05, 4.69) is 5.10 Å². The number of amides is 1. The maximum absolute atomic E-state index is 10.3. The molecule has 0 atom stereocenters. The van der Waals surface area contributed by atoms with Gasteiger partial charge in [-0.3, -0.25) is 0 Å². The zero-order chi connectivity index (χ0) is 8.15. The Morgan fingerprint density at radius 2 is 2.10 bits per heavy atom. The van der Waals surface area contributed by atoms with E-state index < -0.39 is 6.09 Å². The second-order valence-corrected chi connectivity index (χ2v) is 2.05. The van der Waals surface area contributed by atoms with E-state index in [1.807, 2.05) is 0 Å². The molecule has 0 heterocycles. The summed E-state index contributed by atoms with van der Waals surface area (Å²) in [5.41, 5.74) is 0.740. The average molecular weight is 144 g/mol. The lowest BCUT2D eigenvalue weighted by Gasteiger charge is -2.09. The third-order valence-corrected chi connectivity index (χ3v) is 0.841. The van der Waals surface area contributed by atoms with Crippen molar-refractivity contribution in [2.45, 2.75) is 20.8 Å². The smallest absolute Gasteiger partial charge is 0.427 e. The van der Waals surface area contributed by atoms with Crippen molar-refractivity contribution in [3.63, 3.8) is 0 Å². The van der Waals surface area contributed by atoms with Crippen LogP contribution in [0.25, 0.3) is 0 Å². The summed E-state index contributed by atoms with van der Waals surface area (Å²) >= 11 is 0. The number of nitrogens with zero attached hydrogens (tertiary/aromatic N) is 2. The standard InChI is InChI=1S/C6H12N2O2/c1-4-8(6(9)10)7-5(2)3/h4H2,1-3H3,(H,9,10). The fourth-order valence-corrected chi connectivity index (χ4v) is 0.490. The summed E-state index contributed by atoms with van der Waals surface area (Å²) in [6, 6.07) is 0. The summed E-state index contributed by atoms with van der Waals surface area (Å²) < 4.78 is 0. The molecule has 0 fully saturated rings. The highest BCUT2D eigenvalue weighted by molar-refractivity contribution is 5.80. The highest BCUT2D eigenvalue weighted by atomic mass is 16.4. The first-order valence-corrected chi connectivity index (χ1v) is 3.10. The first-order valence-electron chi connectivity index (χ1n) is 3.10. The minimum Gasteiger partial charge on any atom is -0.464 e. The second-order valence-electron chi connectivity index (χ2n) is 2.05. The summed E-state index contributed by atoms with van der Waals surface area (Å²) in [4.78, 5) is 10.3. The molecule has 0 bridgehead atoms. The maximum Gasteiger partial charge on any atom is 0.427 e. The normalized spacial score (nSPS) is 8.70. The number of rotatable bonds is 2. The van der Waals surface area contributed by atoms with E-state index >= 15 is 0 Å². The van der Waals surface area contributed by atoms with Crippen LogP contribution in [0.1, 0.15) is 20.8 Å². The quantitative estimate of drug-likeness (QED) is 0.470. The average Bonchev–Trinajstić information content (AvgIpc) is 1.81. The van der Waals surface area contributed by atoms with Crippen molar-refractivity contribution in [1.29, 1.82) is 0 Å². The van der Waals surface area contributed by atoms with Gasteiger partial charge >= 0.3 is 6.09 Å². The molecule has 0 radical (unpaired) electrons. The van der Waals surface area contributed by atoms with Gasteiger partial charge in [0.2, 0.25) is 0 Å². The van der Waals surface area contributed by atoms with Crippen LogP contribution >= 0.6 is 0 Å². The van der Waals surface area contributed by atoms with Crippen molar-refractivity contribution in [3.05, 3.63) is 0 Å². The van der Waals surface area contributed by atoms with E-state index in [1.54, 1.807) is 20.8 Å². The molecule has 0 aliphatic carbocycles. The molecule has 0 saturated carbocycles. The lowest BCUT2D eigenvalue weighted by Crippen LogP contribution is -2.24. The molecule has 0 aromatic heterocycles. The largest absolute Gasteiger partial charge is 0.464 e. The van der Waals surface area contributed by atoms with Gasteiger partial charge in [-0.15, -0.1) is 0 Å². The molecular weight excluding hydrogens is 132 g/mol. The predicted octanol–water partition coefficient (Wildman–Crippen LogP) is 1.38. The van der Waals surface area contributed by atoms with E-state index in [-0.39, 0.29) is 0 Å². The zero-order valence-corrected chi connectivity index (χ0v) is 6.46. The lowest BCUT2D eigenvalue weighted by molar-refractivity contribution is 0.149. The van der Waals surface area contributed by atoms with Crippen LogP contribution in [0, 0.1) is 0 Å². The van der Waals surface area contributed by atoms with Crippen LogP contribution in [0.2, 0.25) is 0 Å². The fraction of sp³-hybridized carbons (Fsp3) is 0.667. The number of hydrogen-bond acceptors (Lipinski definition) is 2. The molecule has 0 aromatic carbocycles. The first kappa shape index (κ1) is 8.94. The van der Waals surface area contributed by atoms with Gasteiger partial charge in [0.05, 0.1) is 0 Å². The van der Waals surface area contributed by atoms with E-state index in [0.717, 1.165) is 10.7 Å². The van der Waals surface area contributed by atoms with Crippen LogP contribution < -0.4 is 0 Å². The highest BCUT2D eigenvalue weighted by Gasteiger charge is 2.05. The Morgan fingerprint density at radius 3 is 2.20 bits per heavy atom.